The molecule has 5 nitrogen and oxygen atoms in total. The highest BCUT2D eigenvalue weighted by molar-refractivity contribution is 7.89. The second-order valence-corrected chi connectivity index (χ2v) is 7.03. The molecule has 110 valence electrons. The fraction of sp³-hybridized carbons (Fsp3) is 0.462. The Kier molecular flexibility index (Phi) is 5.09. The van der Waals surface area contributed by atoms with Gasteiger partial charge in [-0.2, -0.15) is 0 Å². The largest absolute Gasteiger partial charge is 0.389 e. The first-order chi connectivity index (χ1) is 9.49. The lowest BCUT2D eigenvalue weighted by atomic mass is 10.0. The van der Waals surface area contributed by atoms with Gasteiger partial charge in [0.05, 0.1) is 11.5 Å². The summed E-state index contributed by atoms with van der Waals surface area (Å²) in [6, 6.07) is 6.24. The molecule has 1 heterocycles. The molecule has 0 bridgehead atoms. The first-order valence-corrected chi connectivity index (χ1v) is 8.35. The molecular formula is C13H18N2O3S2. The molecule has 3 N–H and O–H groups in total. The number of ether oxygens (including phenoxy) is 1. The summed E-state index contributed by atoms with van der Waals surface area (Å²) in [5.41, 5.74) is 6.13. The Bertz CT molecular complexity index is 564. The van der Waals surface area contributed by atoms with Crippen molar-refractivity contribution in [3.05, 3.63) is 29.8 Å². The van der Waals surface area contributed by atoms with Gasteiger partial charge in [0.25, 0.3) is 0 Å². The van der Waals surface area contributed by atoms with Crippen molar-refractivity contribution >= 4 is 27.2 Å². The Morgan fingerprint density at radius 1 is 1.40 bits per heavy atom. The molecule has 1 atom stereocenters. The summed E-state index contributed by atoms with van der Waals surface area (Å²) in [6.45, 7) is 1.78. The SMILES string of the molecule is NC(=S)c1ccc(S(=O)(=O)NCC2CCCOC2)cc1. The van der Waals surface area contributed by atoms with Gasteiger partial charge in [-0.1, -0.05) is 24.4 Å². The quantitative estimate of drug-likeness (QED) is 0.793. The van der Waals surface area contributed by atoms with Crippen molar-refractivity contribution < 1.29 is 13.2 Å². The Hall–Kier alpha value is -1.02. The molecule has 0 spiro atoms. The first kappa shape index (κ1) is 15.4. The molecule has 0 amide bonds. The van der Waals surface area contributed by atoms with Crippen LogP contribution in [0.4, 0.5) is 0 Å². The number of hydrogen-bond acceptors (Lipinski definition) is 4. The van der Waals surface area contributed by atoms with E-state index in [1.165, 1.54) is 12.1 Å². The van der Waals surface area contributed by atoms with E-state index in [0.29, 0.717) is 18.7 Å². The predicted octanol–water partition coefficient (Wildman–Crippen LogP) is 1.03. The topological polar surface area (TPSA) is 81.4 Å². The molecule has 1 unspecified atom stereocenters. The first-order valence-electron chi connectivity index (χ1n) is 6.46. The predicted molar refractivity (Wildman–Crippen MR) is 81.1 cm³/mol. The highest BCUT2D eigenvalue weighted by Gasteiger charge is 2.19. The van der Waals surface area contributed by atoms with Crippen LogP contribution in [0.5, 0.6) is 0 Å². The standard InChI is InChI=1S/C13H18N2O3S2/c14-13(19)11-3-5-12(6-4-11)20(16,17)15-8-10-2-1-7-18-9-10/h3-6,10,15H,1-2,7-9H2,(H2,14,19). The van der Waals surface area contributed by atoms with Gasteiger partial charge in [-0.25, -0.2) is 13.1 Å². The van der Waals surface area contributed by atoms with Gasteiger partial charge in [0.1, 0.15) is 4.99 Å². The van der Waals surface area contributed by atoms with Gasteiger partial charge in [0, 0.05) is 18.7 Å². The number of nitrogens with two attached hydrogens (primary N) is 1. The van der Waals surface area contributed by atoms with Crippen molar-refractivity contribution in [3.63, 3.8) is 0 Å². The van der Waals surface area contributed by atoms with E-state index < -0.39 is 10.0 Å². The van der Waals surface area contributed by atoms with Gasteiger partial charge in [-0.3, -0.25) is 0 Å². The van der Waals surface area contributed by atoms with Crippen LogP contribution in [-0.2, 0) is 14.8 Å². The zero-order valence-corrected chi connectivity index (χ0v) is 12.7. The van der Waals surface area contributed by atoms with Gasteiger partial charge in [0.15, 0.2) is 0 Å². The molecular weight excluding hydrogens is 296 g/mol. The number of benzene rings is 1. The van der Waals surface area contributed by atoms with Crippen LogP contribution in [0.1, 0.15) is 18.4 Å². The lowest BCUT2D eigenvalue weighted by Crippen LogP contribution is -2.33. The fourth-order valence-corrected chi connectivity index (χ4v) is 3.33. The van der Waals surface area contributed by atoms with Gasteiger partial charge < -0.3 is 10.5 Å². The normalized spacial score (nSPS) is 19.7. The highest BCUT2D eigenvalue weighted by atomic mass is 32.2. The molecule has 0 aromatic heterocycles. The minimum Gasteiger partial charge on any atom is -0.389 e. The average molecular weight is 314 g/mol. The third-order valence-electron chi connectivity index (χ3n) is 3.27. The minimum atomic E-state index is -3.49. The maximum absolute atomic E-state index is 12.1. The average Bonchev–Trinajstić information content (AvgIpc) is 2.46. The fourth-order valence-electron chi connectivity index (χ4n) is 2.08. The molecule has 0 aliphatic carbocycles. The van der Waals surface area contributed by atoms with Crippen molar-refractivity contribution in [2.75, 3.05) is 19.8 Å². The number of hydrogen-bond donors (Lipinski definition) is 2. The Labute approximate surface area is 124 Å². The van der Waals surface area contributed by atoms with Crippen LogP contribution in [0.15, 0.2) is 29.2 Å². The molecule has 20 heavy (non-hydrogen) atoms. The number of rotatable bonds is 5. The smallest absolute Gasteiger partial charge is 0.240 e. The lowest BCUT2D eigenvalue weighted by molar-refractivity contribution is 0.0568. The maximum Gasteiger partial charge on any atom is 0.240 e. The lowest BCUT2D eigenvalue weighted by Gasteiger charge is -2.22. The van der Waals surface area contributed by atoms with Gasteiger partial charge in [-0.05, 0) is 30.9 Å². The van der Waals surface area contributed by atoms with E-state index >= 15 is 0 Å². The van der Waals surface area contributed by atoms with Crippen LogP contribution >= 0.6 is 12.2 Å². The summed E-state index contributed by atoms with van der Waals surface area (Å²) in [7, 11) is -3.49. The van der Waals surface area contributed by atoms with E-state index in [2.05, 4.69) is 4.72 Å². The summed E-state index contributed by atoms with van der Waals surface area (Å²) in [5, 5.41) is 0. The molecule has 1 aliphatic rings. The van der Waals surface area contributed by atoms with Gasteiger partial charge in [-0.15, -0.1) is 0 Å². The third kappa shape index (κ3) is 3.99. The van der Waals surface area contributed by atoms with E-state index in [9.17, 15) is 8.42 Å². The van der Waals surface area contributed by atoms with E-state index in [-0.39, 0.29) is 15.8 Å². The zero-order chi connectivity index (χ0) is 14.6. The molecule has 7 heteroatoms. The van der Waals surface area contributed by atoms with E-state index in [4.69, 9.17) is 22.7 Å². The second-order valence-electron chi connectivity index (χ2n) is 4.82. The Balaban J connectivity index is 2.00. The monoisotopic (exact) mass is 314 g/mol. The zero-order valence-electron chi connectivity index (χ0n) is 11.0. The van der Waals surface area contributed by atoms with Crippen molar-refractivity contribution in [1.82, 2.24) is 4.72 Å². The summed E-state index contributed by atoms with van der Waals surface area (Å²) in [5.74, 6) is 0.245. The van der Waals surface area contributed by atoms with Crippen LogP contribution in [0.3, 0.4) is 0 Å². The van der Waals surface area contributed by atoms with Crippen molar-refractivity contribution in [3.8, 4) is 0 Å². The van der Waals surface area contributed by atoms with Crippen LogP contribution < -0.4 is 10.5 Å². The highest BCUT2D eigenvalue weighted by Crippen LogP contribution is 2.15. The maximum atomic E-state index is 12.1. The number of thiocarbonyl (C=S) groups is 1. The van der Waals surface area contributed by atoms with Gasteiger partial charge in [0.2, 0.25) is 10.0 Å². The minimum absolute atomic E-state index is 0.217. The number of nitrogens with one attached hydrogen (secondary N) is 1. The second kappa shape index (κ2) is 6.62. The third-order valence-corrected chi connectivity index (χ3v) is 4.94. The molecule has 1 fully saturated rings. The summed E-state index contributed by atoms with van der Waals surface area (Å²) < 4.78 is 32.2. The Morgan fingerprint density at radius 3 is 2.65 bits per heavy atom. The van der Waals surface area contributed by atoms with E-state index in [0.717, 1.165) is 19.4 Å². The van der Waals surface area contributed by atoms with Gasteiger partial charge >= 0.3 is 0 Å². The van der Waals surface area contributed by atoms with Crippen molar-refractivity contribution in [1.29, 1.82) is 0 Å². The molecule has 0 radical (unpaired) electrons. The van der Waals surface area contributed by atoms with Crippen molar-refractivity contribution in [2.24, 2.45) is 11.7 Å². The van der Waals surface area contributed by atoms with Crippen LogP contribution in [0.25, 0.3) is 0 Å². The molecule has 0 saturated carbocycles. The number of sulfonamides is 1. The molecule has 1 aromatic rings. The Morgan fingerprint density at radius 2 is 2.10 bits per heavy atom. The van der Waals surface area contributed by atoms with E-state index in [1.54, 1.807) is 12.1 Å². The molecule has 1 aliphatic heterocycles. The summed E-state index contributed by atoms with van der Waals surface area (Å²) in [4.78, 5) is 0.468. The van der Waals surface area contributed by atoms with Crippen LogP contribution in [0.2, 0.25) is 0 Å². The van der Waals surface area contributed by atoms with Crippen molar-refractivity contribution in [2.45, 2.75) is 17.7 Å². The van der Waals surface area contributed by atoms with Crippen LogP contribution in [-0.4, -0.2) is 33.2 Å². The summed E-state index contributed by atoms with van der Waals surface area (Å²) in [6.07, 6.45) is 1.97. The summed E-state index contributed by atoms with van der Waals surface area (Å²) >= 11 is 4.83. The van der Waals surface area contributed by atoms with E-state index in [1.807, 2.05) is 0 Å². The van der Waals surface area contributed by atoms with Crippen LogP contribution in [0, 0.1) is 5.92 Å². The molecule has 1 aromatic carbocycles. The molecule has 2 rings (SSSR count). The molecule has 1 saturated heterocycles.